The average molecular weight is 298 g/mol. The molecule has 0 saturated heterocycles. The summed E-state index contributed by atoms with van der Waals surface area (Å²) in [4.78, 5) is 13.8. The average Bonchev–Trinajstić information content (AvgIpc) is 2.49. The second kappa shape index (κ2) is 6.96. The molecule has 1 aliphatic rings. The highest BCUT2D eigenvalue weighted by Gasteiger charge is 2.35. The molecule has 0 aromatic heterocycles. The number of anilines is 1. The van der Waals surface area contributed by atoms with Crippen molar-refractivity contribution in [3.05, 3.63) is 29.3 Å². The first kappa shape index (κ1) is 16.5. The molecule has 0 bridgehead atoms. The van der Waals surface area contributed by atoms with Crippen LogP contribution in [0.3, 0.4) is 0 Å². The van der Waals surface area contributed by atoms with Gasteiger partial charge in [-0.2, -0.15) is 5.26 Å². The fraction of sp³-hybridized carbons (Fsp3) is 0.579. The summed E-state index contributed by atoms with van der Waals surface area (Å²) in [5, 5.41) is 9.14. The van der Waals surface area contributed by atoms with E-state index in [1.807, 2.05) is 30.0 Å². The Bertz CT molecular complexity index is 573. The van der Waals surface area contributed by atoms with Gasteiger partial charge in [-0.3, -0.25) is 4.79 Å². The summed E-state index contributed by atoms with van der Waals surface area (Å²) in [6.45, 7) is 8.76. The standard InChI is InChI=1S/C19H26N2O/c1-13(2)17-8-5-14(3)9-19(17)21(12-22)18-10-16(11-20)7-6-15(18)4/h6-7,10,12-14,17,19H,5,8-9H2,1-4H3. The normalized spacial score (nSPS) is 24.8. The number of aryl methyl sites for hydroxylation is 1. The summed E-state index contributed by atoms with van der Waals surface area (Å²) < 4.78 is 0. The lowest BCUT2D eigenvalue weighted by Crippen LogP contribution is -2.45. The minimum atomic E-state index is 0.230. The largest absolute Gasteiger partial charge is 0.311 e. The predicted octanol–water partition coefficient (Wildman–Crippen LogP) is 4.29. The second-order valence-corrected chi connectivity index (χ2v) is 7.02. The van der Waals surface area contributed by atoms with Crippen molar-refractivity contribution < 1.29 is 4.79 Å². The van der Waals surface area contributed by atoms with Gasteiger partial charge in [-0.15, -0.1) is 0 Å². The Morgan fingerprint density at radius 2 is 2.09 bits per heavy atom. The van der Waals surface area contributed by atoms with Gasteiger partial charge in [0.25, 0.3) is 0 Å². The zero-order valence-electron chi connectivity index (χ0n) is 14.0. The van der Waals surface area contributed by atoms with Crippen LogP contribution in [-0.2, 0) is 4.79 Å². The van der Waals surface area contributed by atoms with Gasteiger partial charge in [-0.05, 0) is 55.2 Å². The maximum atomic E-state index is 11.9. The summed E-state index contributed by atoms with van der Waals surface area (Å²) in [6, 6.07) is 8.00. The van der Waals surface area contributed by atoms with Gasteiger partial charge in [0.05, 0.1) is 11.6 Å². The zero-order valence-corrected chi connectivity index (χ0v) is 14.0. The highest BCUT2D eigenvalue weighted by atomic mass is 16.1. The summed E-state index contributed by atoms with van der Waals surface area (Å²) in [5.74, 6) is 1.72. The van der Waals surface area contributed by atoms with Crippen LogP contribution in [0.2, 0.25) is 0 Å². The van der Waals surface area contributed by atoms with E-state index in [2.05, 4.69) is 26.8 Å². The quantitative estimate of drug-likeness (QED) is 0.778. The number of rotatable bonds is 4. The van der Waals surface area contributed by atoms with Crippen molar-refractivity contribution in [3.8, 4) is 6.07 Å². The van der Waals surface area contributed by atoms with E-state index in [-0.39, 0.29) is 6.04 Å². The molecular formula is C19H26N2O. The summed E-state index contributed by atoms with van der Waals surface area (Å²) in [7, 11) is 0. The van der Waals surface area contributed by atoms with Gasteiger partial charge in [0.1, 0.15) is 0 Å². The molecule has 2 rings (SSSR count). The molecule has 0 aliphatic heterocycles. The van der Waals surface area contributed by atoms with E-state index in [4.69, 9.17) is 5.26 Å². The van der Waals surface area contributed by atoms with Crippen LogP contribution < -0.4 is 4.90 Å². The monoisotopic (exact) mass is 298 g/mol. The molecule has 1 fully saturated rings. The minimum absolute atomic E-state index is 0.230. The number of nitriles is 1. The fourth-order valence-corrected chi connectivity index (χ4v) is 3.74. The molecule has 0 heterocycles. The number of carbonyl (C=O) groups excluding carboxylic acids is 1. The van der Waals surface area contributed by atoms with Crippen molar-refractivity contribution in [3.63, 3.8) is 0 Å². The van der Waals surface area contributed by atoms with E-state index in [9.17, 15) is 4.79 Å². The number of hydrogen-bond donors (Lipinski definition) is 0. The molecule has 22 heavy (non-hydrogen) atoms. The predicted molar refractivity (Wildman–Crippen MR) is 89.6 cm³/mol. The van der Waals surface area contributed by atoms with Crippen molar-refractivity contribution in [1.29, 1.82) is 5.26 Å². The first-order valence-electron chi connectivity index (χ1n) is 8.22. The molecule has 1 aliphatic carbocycles. The first-order valence-corrected chi connectivity index (χ1v) is 8.22. The Morgan fingerprint density at radius 3 is 2.68 bits per heavy atom. The Hall–Kier alpha value is -1.82. The zero-order chi connectivity index (χ0) is 16.3. The van der Waals surface area contributed by atoms with E-state index < -0.39 is 0 Å². The highest BCUT2D eigenvalue weighted by molar-refractivity contribution is 5.78. The van der Waals surface area contributed by atoms with Crippen LogP contribution in [0, 0.1) is 36.0 Å². The molecule has 1 saturated carbocycles. The van der Waals surface area contributed by atoms with Crippen LogP contribution in [-0.4, -0.2) is 12.5 Å². The van der Waals surface area contributed by atoms with Crippen LogP contribution in [0.5, 0.6) is 0 Å². The molecule has 118 valence electrons. The lowest BCUT2D eigenvalue weighted by Gasteiger charge is -2.42. The molecule has 3 heteroatoms. The van der Waals surface area contributed by atoms with Crippen LogP contribution in [0.1, 0.15) is 51.2 Å². The molecule has 1 amide bonds. The van der Waals surface area contributed by atoms with Crippen molar-refractivity contribution in [1.82, 2.24) is 0 Å². The number of carbonyl (C=O) groups is 1. The van der Waals surface area contributed by atoms with Gasteiger partial charge < -0.3 is 4.90 Å². The third-order valence-corrected chi connectivity index (χ3v) is 5.07. The van der Waals surface area contributed by atoms with E-state index in [1.165, 1.54) is 12.8 Å². The number of benzene rings is 1. The fourth-order valence-electron chi connectivity index (χ4n) is 3.74. The summed E-state index contributed by atoms with van der Waals surface area (Å²) in [6.07, 6.45) is 4.41. The highest BCUT2D eigenvalue weighted by Crippen LogP contribution is 2.38. The third-order valence-electron chi connectivity index (χ3n) is 5.07. The number of amides is 1. The molecule has 0 spiro atoms. The first-order chi connectivity index (χ1) is 10.5. The van der Waals surface area contributed by atoms with Gasteiger partial charge in [0.2, 0.25) is 6.41 Å². The topological polar surface area (TPSA) is 44.1 Å². The lowest BCUT2D eigenvalue weighted by atomic mass is 9.73. The Morgan fingerprint density at radius 1 is 1.36 bits per heavy atom. The number of nitrogens with zero attached hydrogens (tertiary/aromatic N) is 2. The van der Waals surface area contributed by atoms with Gasteiger partial charge in [-0.1, -0.05) is 33.3 Å². The van der Waals surface area contributed by atoms with Crippen LogP contribution in [0.15, 0.2) is 18.2 Å². The van der Waals surface area contributed by atoms with Crippen LogP contribution in [0.4, 0.5) is 5.69 Å². The van der Waals surface area contributed by atoms with E-state index in [0.717, 1.165) is 24.1 Å². The second-order valence-electron chi connectivity index (χ2n) is 7.02. The maximum Gasteiger partial charge on any atom is 0.214 e. The summed E-state index contributed by atoms with van der Waals surface area (Å²) in [5.41, 5.74) is 2.54. The van der Waals surface area contributed by atoms with Crippen molar-refractivity contribution in [2.24, 2.45) is 17.8 Å². The van der Waals surface area contributed by atoms with Gasteiger partial charge >= 0.3 is 0 Å². The van der Waals surface area contributed by atoms with Gasteiger partial charge in [0.15, 0.2) is 0 Å². The Kier molecular flexibility index (Phi) is 5.24. The molecule has 3 unspecified atom stereocenters. The van der Waals surface area contributed by atoms with Gasteiger partial charge in [0, 0.05) is 11.7 Å². The van der Waals surface area contributed by atoms with E-state index in [0.29, 0.717) is 23.3 Å². The molecule has 0 radical (unpaired) electrons. The van der Waals surface area contributed by atoms with Crippen molar-refractivity contribution in [2.45, 2.75) is 53.0 Å². The van der Waals surface area contributed by atoms with Crippen LogP contribution in [0.25, 0.3) is 0 Å². The Labute approximate surface area is 133 Å². The van der Waals surface area contributed by atoms with Crippen molar-refractivity contribution >= 4 is 12.1 Å². The smallest absolute Gasteiger partial charge is 0.214 e. The maximum absolute atomic E-state index is 11.9. The molecule has 3 atom stereocenters. The molecule has 3 nitrogen and oxygen atoms in total. The SMILES string of the molecule is Cc1ccc(C#N)cc1N(C=O)C1CC(C)CCC1C(C)C. The summed E-state index contributed by atoms with van der Waals surface area (Å²) >= 11 is 0. The van der Waals surface area contributed by atoms with E-state index in [1.54, 1.807) is 0 Å². The minimum Gasteiger partial charge on any atom is -0.311 e. The van der Waals surface area contributed by atoms with Crippen LogP contribution >= 0.6 is 0 Å². The molecule has 1 aromatic rings. The van der Waals surface area contributed by atoms with Crippen molar-refractivity contribution in [2.75, 3.05) is 4.90 Å². The Balaban J connectivity index is 2.41. The molecule has 1 aromatic carbocycles. The van der Waals surface area contributed by atoms with E-state index >= 15 is 0 Å². The molecular weight excluding hydrogens is 272 g/mol. The van der Waals surface area contributed by atoms with Gasteiger partial charge in [-0.25, -0.2) is 0 Å². The molecule has 0 N–H and O–H groups in total. The third kappa shape index (κ3) is 3.32. The number of hydrogen-bond acceptors (Lipinski definition) is 2. The lowest BCUT2D eigenvalue weighted by molar-refractivity contribution is -0.108.